The van der Waals surface area contributed by atoms with Crippen molar-refractivity contribution >= 4 is 15.8 Å². The SMILES string of the molecule is COCCCc1cc(C(F)(F)F)ccc1CC1CCOc2cc(S(=O)(=O)Nc3cccnn3)ccc21. The fourth-order valence-corrected chi connectivity index (χ4v) is 5.29. The smallest absolute Gasteiger partial charge is 0.416 e. The van der Waals surface area contributed by atoms with Gasteiger partial charge in [-0.25, -0.2) is 8.42 Å². The van der Waals surface area contributed by atoms with Crippen LogP contribution in [0.3, 0.4) is 0 Å². The molecule has 7 nitrogen and oxygen atoms in total. The maximum Gasteiger partial charge on any atom is 0.416 e. The lowest BCUT2D eigenvalue weighted by atomic mass is 9.85. The number of fused-ring (bicyclic) bond motifs is 1. The number of rotatable bonds is 9. The van der Waals surface area contributed by atoms with Gasteiger partial charge in [0, 0.05) is 26.0 Å². The minimum Gasteiger partial charge on any atom is -0.493 e. The van der Waals surface area contributed by atoms with E-state index < -0.39 is 21.8 Å². The summed E-state index contributed by atoms with van der Waals surface area (Å²) in [5.41, 5.74) is 1.62. The Morgan fingerprint density at radius 3 is 2.69 bits per heavy atom. The number of hydrogen-bond donors (Lipinski definition) is 1. The first-order valence-electron chi connectivity index (χ1n) is 11.4. The van der Waals surface area contributed by atoms with Crippen molar-refractivity contribution in [3.8, 4) is 5.75 Å². The molecular weight excluding hydrogens is 495 g/mol. The van der Waals surface area contributed by atoms with Crippen molar-refractivity contribution < 1.29 is 31.1 Å². The summed E-state index contributed by atoms with van der Waals surface area (Å²) in [6, 6.07) is 11.6. The maximum atomic E-state index is 13.3. The highest BCUT2D eigenvalue weighted by Gasteiger charge is 2.31. The number of ether oxygens (including phenoxy) is 2. The third kappa shape index (κ3) is 6.14. The average Bonchev–Trinajstić information content (AvgIpc) is 2.84. The summed E-state index contributed by atoms with van der Waals surface area (Å²) in [7, 11) is -2.35. The van der Waals surface area contributed by atoms with Crippen LogP contribution in [0.15, 0.2) is 59.6 Å². The van der Waals surface area contributed by atoms with Crippen LogP contribution in [-0.2, 0) is 33.8 Å². The molecule has 0 amide bonds. The third-order valence-corrected chi connectivity index (χ3v) is 7.42. The molecule has 2 heterocycles. The van der Waals surface area contributed by atoms with Gasteiger partial charge in [-0.05, 0) is 78.6 Å². The number of methoxy groups -OCH3 is 1. The summed E-state index contributed by atoms with van der Waals surface area (Å²) in [5.74, 6) is 0.509. The Balaban J connectivity index is 1.59. The molecule has 1 unspecified atom stereocenters. The van der Waals surface area contributed by atoms with Crippen LogP contribution in [0.2, 0.25) is 0 Å². The van der Waals surface area contributed by atoms with Crippen molar-refractivity contribution in [3.63, 3.8) is 0 Å². The zero-order chi connectivity index (χ0) is 25.8. The van der Waals surface area contributed by atoms with Crippen LogP contribution in [0.5, 0.6) is 5.75 Å². The van der Waals surface area contributed by atoms with Crippen LogP contribution in [-0.4, -0.2) is 38.9 Å². The van der Waals surface area contributed by atoms with Crippen LogP contribution in [0.1, 0.15) is 41.0 Å². The fraction of sp³-hybridized carbons (Fsp3) is 0.360. The Bertz CT molecular complexity index is 1300. The van der Waals surface area contributed by atoms with E-state index in [9.17, 15) is 21.6 Å². The van der Waals surface area contributed by atoms with E-state index in [1.54, 1.807) is 25.3 Å². The largest absolute Gasteiger partial charge is 0.493 e. The molecule has 0 radical (unpaired) electrons. The average molecular weight is 522 g/mol. The third-order valence-electron chi connectivity index (χ3n) is 6.06. The monoisotopic (exact) mass is 521 g/mol. The van der Waals surface area contributed by atoms with Crippen LogP contribution >= 0.6 is 0 Å². The summed E-state index contributed by atoms with van der Waals surface area (Å²) in [6.45, 7) is 0.827. The van der Waals surface area contributed by atoms with E-state index in [-0.39, 0.29) is 16.6 Å². The van der Waals surface area contributed by atoms with Crippen LogP contribution in [0.4, 0.5) is 19.0 Å². The first-order chi connectivity index (χ1) is 17.2. The topological polar surface area (TPSA) is 90.4 Å². The second-order valence-corrected chi connectivity index (χ2v) is 10.2. The van der Waals surface area contributed by atoms with Crippen molar-refractivity contribution in [2.24, 2.45) is 0 Å². The second-order valence-electron chi connectivity index (χ2n) is 8.53. The number of anilines is 1. The van der Waals surface area contributed by atoms with E-state index in [1.807, 2.05) is 0 Å². The summed E-state index contributed by atoms with van der Waals surface area (Å²) in [4.78, 5) is 0.0161. The summed E-state index contributed by atoms with van der Waals surface area (Å²) in [6.07, 6.45) is -0.731. The minimum atomic E-state index is -4.42. The minimum absolute atomic E-state index is 0.0161. The molecule has 1 aliphatic rings. The van der Waals surface area contributed by atoms with Gasteiger partial charge in [-0.3, -0.25) is 4.72 Å². The number of aromatic nitrogens is 2. The Kier molecular flexibility index (Phi) is 7.79. The van der Waals surface area contributed by atoms with Crippen molar-refractivity contribution in [1.82, 2.24) is 10.2 Å². The summed E-state index contributed by atoms with van der Waals surface area (Å²) >= 11 is 0. The number of sulfonamides is 1. The highest BCUT2D eigenvalue weighted by molar-refractivity contribution is 7.92. The molecule has 36 heavy (non-hydrogen) atoms. The van der Waals surface area contributed by atoms with Gasteiger partial charge in [-0.15, -0.1) is 5.10 Å². The molecule has 1 aliphatic heterocycles. The van der Waals surface area contributed by atoms with Gasteiger partial charge in [0.25, 0.3) is 10.0 Å². The molecular formula is C25H26F3N3O4S. The molecule has 0 aliphatic carbocycles. The Hall–Kier alpha value is -3.18. The van der Waals surface area contributed by atoms with Crippen molar-refractivity contribution in [2.45, 2.75) is 42.7 Å². The van der Waals surface area contributed by atoms with E-state index in [0.717, 1.165) is 17.2 Å². The Morgan fingerprint density at radius 1 is 1.14 bits per heavy atom. The van der Waals surface area contributed by atoms with Crippen LogP contribution in [0, 0.1) is 0 Å². The van der Waals surface area contributed by atoms with Gasteiger partial charge in [0.2, 0.25) is 0 Å². The predicted molar refractivity (Wildman–Crippen MR) is 127 cm³/mol. The lowest BCUT2D eigenvalue weighted by Crippen LogP contribution is -2.19. The normalized spacial score (nSPS) is 15.7. The summed E-state index contributed by atoms with van der Waals surface area (Å²) < 4.78 is 78.8. The molecule has 1 N–H and O–H groups in total. The maximum absolute atomic E-state index is 13.3. The molecule has 1 aromatic heterocycles. The number of hydrogen-bond acceptors (Lipinski definition) is 6. The van der Waals surface area contributed by atoms with Crippen molar-refractivity contribution in [3.05, 3.63) is 77.0 Å². The highest BCUT2D eigenvalue weighted by atomic mass is 32.2. The van der Waals surface area contributed by atoms with E-state index in [1.165, 1.54) is 30.5 Å². The van der Waals surface area contributed by atoms with Gasteiger partial charge in [-0.1, -0.05) is 12.1 Å². The molecule has 3 aromatic rings. The number of halogens is 3. The fourth-order valence-electron chi connectivity index (χ4n) is 4.28. The Labute approximate surface area is 207 Å². The van der Waals surface area contributed by atoms with Gasteiger partial charge in [0.1, 0.15) is 5.75 Å². The second kappa shape index (κ2) is 10.8. The molecule has 4 rings (SSSR count). The molecule has 11 heteroatoms. The van der Waals surface area contributed by atoms with Gasteiger partial charge in [0.15, 0.2) is 5.82 Å². The van der Waals surface area contributed by atoms with E-state index in [4.69, 9.17) is 9.47 Å². The lowest BCUT2D eigenvalue weighted by Gasteiger charge is -2.27. The molecule has 192 valence electrons. The predicted octanol–water partition coefficient (Wildman–Crippen LogP) is 4.98. The van der Waals surface area contributed by atoms with Crippen molar-refractivity contribution in [2.75, 3.05) is 25.0 Å². The zero-order valence-corrected chi connectivity index (χ0v) is 20.4. The van der Waals surface area contributed by atoms with E-state index in [0.29, 0.717) is 50.2 Å². The molecule has 0 fully saturated rings. The van der Waals surface area contributed by atoms with E-state index >= 15 is 0 Å². The van der Waals surface area contributed by atoms with Gasteiger partial charge in [0.05, 0.1) is 17.1 Å². The molecule has 0 saturated heterocycles. The zero-order valence-electron chi connectivity index (χ0n) is 19.6. The molecule has 2 aromatic carbocycles. The highest BCUT2D eigenvalue weighted by Crippen LogP contribution is 2.39. The quantitative estimate of drug-likeness (QED) is 0.400. The Morgan fingerprint density at radius 2 is 1.97 bits per heavy atom. The molecule has 0 bridgehead atoms. The summed E-state index contributed by atoms with van der Waals surface area (Å²) in [5, 5.41) is 7.40. The number of nitrogens with zero attached hydrogens (tertiary/aromatic N) is 2. The molecule has 1 atom stereocenters. The van der Waals surface area contributed by atoms with E-state index in [2.05, 4.69) is 14.9 Å². The van der Waals surface area contributed by atoms with Crippen LogP contribution < -0.4 is 9.46 Å². The first kappa shape index (κ1) is 25.9. The lowest BCUT2D eigenvalue weighted by molar-refractivity contribution is -0.137. The number of nitrogens with one attached hydrogen (secondary N) is 1. The van der Waals surface area contributed by atoms with Gasteiger partial charge in [-0.2, -0.15) is 18.3 Å². The number of alkyl halides is 3. The van der Waals surface area contributed by atoms with Gasteiger partial charge < -0.3 is 9.47 Å². The van der Waals surface area contributed by atoms with Crippen LogP contribution in [0.25, 0.3) is 0 Å². The van der Waals surface area contributed by atoms with Crippen molar-refractivity contribution in [1.29, 1.82) is 0 Å². The number of aryl methyl sites for hydroxylation is 1. The first-order valence-corrected chi connectivity index (χ1v) is 12.9. The van der Waals surface area contributed by atoms with Gasteiger partial charge >= 0.3 is 6.18 Å². The molecule has 0 saturated carbocycles. The number of benzene rings is 2. The standard InChI is InChI=1S/C25H26F3N3O4S/c1-34-12-3-4-17-15-20(25(26,27)28)7-6-18(17)14-19-10-13-35-23-16-21(8-9-22(19)23)36(32,33)31-24-5-2-11-29-30-24/h2,5-9,11,15-16,19H,3-4,10,12-14H2,1H3,(H,30,31). The molecule has 0 spiro atoms.